The number of amides is 2. The number of sulfone groups is 1. The minimum Gasteiger partial charge on any atom is -0.338 e. The lowest BCUT2D eigenvalue weighted by Crippen LogP contribution is -2.48. The van der Waals surface area contributed by atoms with Crippen molar-refractivity contribution >= 4 is 15.9 Å². The van der Waals surface area contributed by atoms with Crippen molar-refractivity contribution in [3.05, 3.63) is 0 Å². The van der Waals surface area contributed by atoms with Crippen LogP contribution in [0.2, 0.25) is 0 Å². The van der Waals surface area contributed by atoms with E-state index in [4.69, 9.17) is 0 Å². The maximum Gasteiger partial charge on any atom is 0.315 e. The average molecular weight is 289 g/mol. The van der Waals surface area contributed by atoms with E-state index in [1.165, 1.54) is 0 Å². The van der Waals surface area contributed by atoms with Crippen LogP contribution in [0.25, 0.3) is 0 Å². The molecular formula is C12H23N3O3S. The van der Waals surface area contributed by atoms with Gasteiger partial charge in [-0.1, -0.05) is 0 Å². The lowest BCUT2D eigenvalue weighted by Gasteiger charge is -2.25. The van der Waals surface area contributed by atoms with E-state index in [-0.39, 0.29) is 23.7 Å². The first-order chi connectivity index (χ1) is 9.05. The maximum absolute atomic E-state index is 11.7. The van der Waals surface area contributed by atoms with Gasteiger partial charge in [0.25, 0.3) is 0 Å². The Kier molecular flexibility index (Phi) is 5.04. The minimum atomic E-state index is -2.89. The van der Waals surface area contributed by atoms with Crippen molar-refractivity contribution in [3.63, 3.8) is 0 Å². The Labute approximate surface area is 114 Å². The van der Waals surface area contributed by atoms with E-state index in [2.05, 4.69) is 16.0 Å². The number of hydrogen-bond acceptors (Lipinski definition) is 4. The molecule has 19 heavy (non-hydrogen) atoms. The van der Waals surface area contributed by atoms with Gasteiger partial charge >= 0.3 is 6.03 Å². The molecule has 0 spiro atoms. The zero-order valence-corrected chi connectivity index (χ0v) is 12.0. The van der Waals surface area contributed by atoms with Gasteiger partial charge in [0.05, 0.1) is 11.5 Å². The standard InChI is InChI=1S/C12H23N3O3S/c16-12(15-11-3-5-13-6-4-11)14-8-10-2-1-7-19(17,18)9-10/h10-11,13H,1-9H2,(H2,14,15,16). The molecule has 6 nitrogen and oxygen atoms in total. The predicted octanol–water partition coefficient (Wildman–Crippen LogP) is -0.138. The van der Waals surface area contributed by atoms with Crippen LogP contribution >= 0.6 is 0 Å². The van der Waals surface area contributed by atoms with Crippen molar-refractivity contribution in [3.8, 4) is 0 Å². The molecular weight excluding hydrogens is 266 g/mol. The molecule has 3 N–H and O–H groups in total. The summed E-state index contributed by atoms with van der Waals surface area (Å²) in [6, 6.07) is 0.0613. The van der Waals surface area contributed by atoms with Gasteiger partial charge in [-0.25, -0.2) is 13.2 Å². The molecule has 7 heteroatoms. The summed E-state index contributed by atoms with van der Waals surface area (Å²) in [5.41, 5.74) is 0. The summed E-state index contributed by atoms with van der Waals surface area (Å²) >= 11 is 0. The minimum absolute atomic E-state index is 0.0672. The Hall–Kier alpha value is -0.820. The van der Waals surface area contributed by atoms with Gasteiger partial charge in [-0.15, -0.1) is 0 Å². The summed E-state index contributed by atoms with van der Waals surface area (Å²) in [5, 5.41) is 8.98. The first-order valence-corrected chi connectivity index (χ1v) is 8.83. The third kappa shape index (κ3) is 4.99. The largest absolute Gasteiger partial charge is 0.338 e. The zero-order valence-electron chi connectivity index (χ0n) is 11.2. The molecule has 1 atom stereocenters. The van der Waals surface area contributed by atoms with Crippen molar-refractivity contribution in [2.45, 2.75) is 31.7 Å². The second-order valence-electron chi connectivity index (χ2n) is 5.50. The van der Waals surface area contributed by atoms with E-state index in [0.29, 0.717) is 18.7 Å². The number of nitrogens with one attached hydrogen (secondary N) is 3. The van der Waals surface area contributed by atoms with Gasteiger partial charge in [0.2, 0.25) is 0 Å². The normalized spacial score (nSPS) is 27.7. The molecule has 2 rings (SSSR count). The molecule has 2 aliphatic rings. The summed E-state index contributed by atoms with van der Waals surface area (Å²) in [7, 11) is -2.89. The van der Waals surface area contributed by atoms with Crippen LogP contribution in [0.4, 0.5) is 4.79 Å². The number of urea groups is 1. The Morgan fingerprint density at radius 2 is 1.95 bits per heavy atom. The van der Waals surface area contributed by atoms with E-state index in [1.807, 2.05) is 0 Å². The molecule has 2 heterocycles. The third-order valence-corrected chi connectivity index (χ3v) is 5.67. The Bertz CT molecular complexity index is 404. The van der Waals surface area contributed by atoms with Crippen molar-refractivity contribution in [2.75, 3.05) is 31.1 Å². The number of hydrogen-bond donors (Lipinski definition) is 3. The summed E-state index contributed by atoms with van der Waals surface area (Å²) in [6.07, 6.45) is 3.49. The second-order valence-corrected chi connectivity index (χ2v) is 7.73. The number of carbonyl (C=O) groups excluding carboxylic acids is 1. The van der Waals surface area contributed by atoms with Crippen LogP contribution < -0.4 is 16.0 Å². The molecule has 0 aromatic carbocycles. The Morgan fingerprint density at radius 3 is 2.63 bits per heavy atom. The molecule has 2 aliphatic heterocycles. The van der Waals surface area contributed by atoms with E-state index in [0.717, 1.165) is 32.4 Å². The first-order valence-electron chi connectivity index (χ1n) is 7.01. The average Bonchev–Trinajstić information content (AvgIpc) is 2.36. The third-order valence-electron chi connectivity index (χ3n) is 3.78. The van der Waals surface area contributed by atoms with E-state index < -0.39 is 9.84 Å². The summed E-state index contributed by atoms with van der Waals surface area (Å²) in [4.78, 5) is 11.7. The monoisotopic (exact) mass is 289 g/mol. The van der Waals surface area contributed by atoms with Gasteiger partial charge < -0.3 is 16.0 Å². The molecule has 110 valence electrons. The van der Waals surface area contributed by atoms with Gasteiger partial charge in [-0.05, 0) is 44.7 Å². The van der Waals surface area contributed by atoms with Gasteiger partial charge in [0.15, 0.2) is 9.84 Å². The highest BCUT2D eigenvalue weighted by Crippen LogP contribution is 2.17. The zero-order chi connectivity index (χ0) is 13.7. The second kappa shape index (κ2) is 6.56. The van der Waals surface area contributed by atoms with E-state index >= 15 is 0 Å². The lowest BCUT2D eigenvalue weighted by atomic mass is 10.1. The van der Waals surface area contributed by atoms with Crippen LogP contribution in [-0.4, -0.2) is 51.6 Å². The van der Waals surface area contributed by atoms with Crippen LogP contribution in [-0.2, 0) is 9.84 Å². The first kappa shape index (κ1) is 14.6. The molecule has 0 aromatic rings. The molecule has 0 bridgehead atoms. The van der Waals surface area contributed by atoms with Crippen LogP contribution in [0.15, 0.2) is 0 Å². The smallest absolute Gasteiger partial charge is 0.315 e. The number of rotatable bonds is 3. The fraction of sp³-hybridized carbons (Fsp3) is 0.917. The SMILES string of the molecule is O=C(NCC1CCCS(=O)(=O)C1)NC1CCNCC1. The van der Waals surface area contributed by atoms with E-state index in [1.54, 1.807) is 0 Å². The summed E-state index contributed by atoms with van der Waals surface area (Å²) in [5.74, 6) is 0.573. The van der Waals surface area contributed by atoms with Crippen LogP contribution in [0.1, 0.15) is 25.7 Å². The van der Waals surface area contributed by atoms with E-state index in [9.17, 15) is 13.2 Å². The van der Waals surface area contributed by atoms with Crippen molar-refractivity contribution in [1.82, 2.24) is 16.0 Å². The van der Waals surface area contributed by atoms with Crippen LogP contribution in [0.3, 0.4) is 0 Å². The number of piperidine rings is 1. The molecule has 0 aliphatic carbocycles. The van der Waals surface area contributed by atoms with Gasteiger partial charge in [0, 0.05) is 12.6 Å². The summed E-state index contributed by atoms with van der Waals surface area (Å²) in [6.45, 7) is 2.33. The molecule has 2 saturated heterocycles. The van der Waals surface area contributed by atoms with Crippen LogP contribution in [0.5, 0.6) is 0 Å². The quantitative estimate of drug-likeness (QED) is 0.675. The Balaban J connectivity index is 1.68. The van der Waals surface area contributed by atoms with Gasteiger partial charge in [-0.2, -0.15) is 0 Å². The fourth-order valence-electron chi connectivity index (χ4n) is 2.72. The highest BCUT2D eigenvalue weighted by Gasteiger charge is 2.25. The highest BCUT2D eigenvalue weighted by molar-refractivity contribution is 7.91. The molecule has 2 fully saturated rings. The summed E-state index contributed by atoms with van der Waals surface area (Å²) < 4.78 is 23.0. The molecule has 0 saturated carbocycles. The molecule has 0 aromatic heterocycles. The predicted molar refractivity (Wildman–Crippen MR) is 73.8 cm³/mol. The fourth-order valence-corrected chi connectivity index (χ4v) is 4.49. The maximum atomic E-state index is 11.7. The highest BCUT2D eigenvalue weighted by atomic mass is 32.2. The lowest BCUT2D eigenvalue weighted by molar-refractivity contribution is 0.231. The number of carbonyl (C=O) groups is 1. The van der Waals surface area contributed by atoms with Gasteiger partial charge in [-0.3, -0.25) is 0 Å². The Morgan fingerprint density at radius 1 is 1.21 bits per heavy atom. The molecule has 0 radical (unpaired) electrons. The molecule has 1 unspecified atom stereocenters. The topological polar surface area (TPSA) is 87.3 Å². The van der Waals surface area contributed by atoms with Gasteiger partial charge in [0.1, 0.15) is 0 Å². The van der Waals surface area contributed by atoms with Crippen molar-refractivity contribution in [2.24, 2.45) is 5.92 Å². The van der Waals surface area contributed by atoms with Crippen molar-refractivity contribution < 1.29 is 13.2 Å². The molecule has 2 amide bonds. The van der Waals surface area contributed by atoms with Crippen molar-refractivity contribution in [1.29, 1.82) is 0 Å². The van der Waals surface area contributed by atoms with Crippen LogP contribution in [0, 0.1) is 5.92 Å².